The maximum Gasteiger partial charge on any atom is 0.325 e. The zero-order chi connectivity index (χ0) is 17.7. The molecule has 0 saturated carbocycles. The number of carbonyl (C=O) groups excluding carboxylic acids is 1. The van der Waals surface area contributed by atoms with E-state index in [0.29, 0.717) is 10.8 Å². The maximum absolute atomic E-state index is 12.2. The quantitative estimate of drug-likeness (QED) is 0.588. The highest BCUT2D eigenvalue weighted by molar-refractivity contribution is 7.15. The summed E-state index contributed by atoms with van der Waals surface area (Å²) in [5.41, 5.74) is 0.692. The van der Waals surface area contributed by atoms with Crippen LogP contribution >= 0.6 is 22.7 Å². The van der Waals surface area contributed by atoms with Gasteiger partial charge in [-0.1, -0.05) is 39.0 Å². The van der Waals surface area contributed by atoms with Crippen LogP contribution in [-0.2, 0) is 28.2 Å². The zero-order valence-corrected chi connectivity index (χ0v) is 16.1. The summed E-state index contributed by atoms with van der Waals surface area (Å²) in [5.74, 6) is 0. The molecule has 0 aliphatic rings. The van der Waals surface area contributed by atoms with Gasteiger partial charge in [0.05, 0.1) is 17.7 Å². The summed E-state index contributed by atoms with van der Waals surface area (Å²) in [6.07, 6.45) is 0.791. The van der Waals surface area contributed by atoms with E-state index in [0.717, 1.165) is 21.2 Å². The van der Waals surface area contributed by atoms with Crippen molar-refractivity contribution in [1.82, 2.24) is 10.2 Å². The standard InChI is InChI=1S/C15H22N4O3S2/c1-6-12-18-19-14(24-12)17-13(20)16-9-7-11(15(2,3)4)23-10(9)8-22-21-5/h7H,6,8H2,1-5H3,(H2,16,17,19,20). The molecule has 2 aromatic heterocycles. The molecule has 0 radical (unpaired) electrons. The molecule has 2 rings (SSSR count). The van der Waals surface area contributed by atoms with Crippen LogP contribution in [0.2, 0.25) is 0 Å². The van der Waals surface area contributed by atoms with Gasteiger partial charge in [-0.15, -0.1) is 21.5 Å². The molecular weight excluding hydrogens is 348 g/mol. The summed E-state index contributed by atoms with van der Waals surface area (Å²) in [5, 5.41) is 14.8. The third-order valence-electron chi connectivity index (χ3n) is 3.09. The van der Waals surface area contributed by atoms with Crippen molar-refractivity contribution >= 4 is 39.5 Å². The molecule has 0 aromatic carbocycles. The molecule has 0 bridgehead atoms. The lowest BCUT2D eigenvalue weighted by molar-refractivity contribution is -0.281. The Bertz CT molecular complexity index is 691. The molecule has 7 nitrogen and oxygen atoms in total. The number of amides is 2. The van der Waals surface area contributed by atoms with Gasteiger partial charge in [0.1, 0.15) is 11.6 Å². The van der Waals surface area contributed by atoms with Crippen LogP contribution in [0, 0.1) is 0 Å². The molecule has 0 spiro atoms. The molecular formula is C15H22N4O3S2. The molecule has 0 saturated heterocycles. The van der Waals surface area contributed by atoms with Crippen LogP contribution in [0.3, 0.4) is 0 Å². The lowest BCUT2D eigenvalue weighted by atomic mass is 9.94. The second-order valence-corrected chi connectivity index (χ2v) is 8.26. The summed E-state index contributed by atoms with van der Waals surface area (Å²) < 4.78 is 0. The average molecular weight is 371 g/mol. The Labute approximate surface area is 149 Å². The molecule has 0 aliphatic heterocycles. The second kappa shape index (κ2) is 8.02. The summed E-state index contributed by atoms with van der Waals surface area (Å²) in [7, 11) is 1.46. The van der Waals surface area contributed by atoms with Crippen LogP contribution in [0.4, 0.5) is 15.6 Å². The van der Waals surface area contributed by atoms with Gasteiger partial charge in [0, 0.05) is 4.88 Å². The van der Waals surface area contributed by atoms with Crippen LogP contribution in [-0.4, -0.2) is 23.3 Å². The second-order valence-electron chi connectivity index (χ2n) is 6.06. The van der Waals surface area contributed by atoms with Gasteiger partial charge < -0.3 is 5.32 Å². The fourth-order valence-electron chi connectivity index (χ4n) is 1.82. The Kier molecular flexibility index (Phi) is 6.27. The van der Waals surface area contributed by atoms with Crippen molar-refractivity contribution in [3.05, 3.63) is 20.8 Å². The smallest absolute Gasteiger partial charge is 0.306 e. The van der Waals surface area contributed by atoms with Crippen molar-refractivity contribution in [3.63, 3.8) is 0 Å². The van der Waals surface area contributed by atoms with E-state index >= 15 is 0 Å². The summed E-state index contributed by atoms with van der Waals surface area (Å²) >= 11 is 2.95. The largest absolute Gasteiger partial charge is 0.325 e. The normalized spacial score (nSPS) is 11.5. The molecule has 2 amide bonds. The number of thiophene rings is 1. The van der Waals surface area contributed by atoms with Gasteiger partial charge in [-0.25, -0.2) is 14.6 Å². The minimum absolute atomic E-state index is 0.0157. The van der Waals surface area contributed by atoms with E-state index in [4.69, 9.17) is 4.89 Å². The van der Waals surface area contributed by atoms with Crippen LogP contribution in [0.25, 0.3) is 0 Å². The van der Waals surface area contributed by atoms with E-state index in [-0.39, 0.29) is 18.1 Å². The molecule has 0 fully saturated rings. The minimum Gasteiger partial charge on any atom is -0.306 e. The molecule has 0 aliphatic carbocycles. The Morgan fingerprint density at radius 2 is 2.00 bits per heavy atom. The van der Waals surface area contributed by atoms with E-state index in [1.807, 2.05) is 13.0 Å². The number of hydrogen-bond donors (Lipinski definition) is 2. The van der Waals surface area contributed by atoms with Gasteiger partial charge in [-0.3, -0.25) is 5.32 Å². The van der Waals surface area contributed by atoms with Gasteiger partial charge in [0.25, 0.3) is 0 Å². The van der Waals surface area contributed by atoms with Gasteiger partial charge in [0.2, 0.25) is 5.13 Å². The molecule has 9 heteroatoms. The molecule has 0 atom stereocenters. The monoisotopic (exact) mass is 370 g/mol. The molecule has 0 unspecified atom stereocenters. The maximum atomic E-state index is 12.2. The summed E-state index contributed by atoms with van der Waals surface area (Å²) in [6, 6.07) is 1.61. The van der Waals surface area contributed by atoms with E-state index in [1.54, 1.807) is 11.3 Å². The number of rotatable bonds is 6. The number of anilines is 2. The summed E-state index contributed by atoms with van der Waals surface area (Å²) in [6.45, 7) is 8.63. The fraction of sp³-hybridized carbons (Fsp3) is 0.533. The van der Waals surface area contributed by atoms with E-state index < -0.39 is 0 Å². The molecule has 2 N–H and O–H groups in total. The van der Waals surface area contributed by atoms with Gasteiger partial charge in [-0.2, -0.15) is 0 Å². The van der Waals surface area contributed by atoms with Gasteiger partial charge in [-0.05, 0) is 17.9 Å². The number of nitrogens with one attached hydrogen (secondary N) is 2. The topological polar surface area (TPSA) is 85.4 Å². The summed E-state index contributed by atoms with van der Waals surface area (Å²) in [4.78, 5) is 24.0. The van der Waals surface area contributed by atoms with Crippen molar-refractivity contribution in [2.24, 2.45) is 0 Å². The highest BCUT2D eigenvalue weighted by Gasteiger charge is 2.21. The first-order chi connectivity index (χ1) is 11.3. The van der Waals surface area contributed by atoms with E-state index in [9.17, 15) is 4.79 Å². The number of aryl methyl sites for hydroxylation is 1. The predicted octanol–water partition coefficient (Wildman–Crippen LogP) is 4.18. The minimum atomic E-state index is -0.356. The first-order valence-electron chi connectivity index (χ1n) is 7.52. The average Bonchev–Trinajstić information content (AvgIpc) is 3.11. The van der Waals surface area contributed by atoms with Crippen LogP contribution in [0.15, 0.2) is 6.07 Å². The van der Waals surface area contributed by atoms with E-state index in [2.05, 4.69) is 46.5 Å². The number of nitrogens with zero attached hydrogens (tertiary/aromatic N) is 2. The van der Waals surface area contributed by atoms with Crippen molar-refractivity contribution in [1.29, 1.82) is 0 Å². The highest BCUT2D eigenvalue weighted by Crippen LogP contribution is 2.36. The van der Waals surface area contributed by atoms with Crippen LogP contribution in [0.5, 0.6) is 0 Å². The Morgan fingerprint density at radius 1 is 1.25 bits per heavy atom. The third-order valence-corrected chi connectivity index (χ3v) is 5.61. The number of urea groups is 1. The van der Waals surface area contributed by atoms with Gasteiger partial charge >= 0.3 is 6.03 Å². The number of hydrogen-bond acceptors (Lipinski definition) is 7. The van der Waals surface area contributed by atoms with Crippen LogP contribution < -0.4 is 10.6 Å². The lowest BCUT2D eigenvalue weighted by Gasteiger charge is -2.15. The molecule has 2 aromatic rings. The molecule has 2 heterocycles. The number of carbonyl (C=O) groups is 1. The lowest BCUT2D eigenvalue weighted by Crippen LogP contribution is -2.19. The molecule has 132 valence electrons. The number of aromatic nitrogens is 2. The zero-order valence-electron chi connectivity index (χ0n) is 14.4. The first-order valence-corrected chi connectivity index (χ1v) is 9.16. The van der Waals surface area contributed by atoms with E-state index in [1.165, 1.54) is 18.4 Å². The Morgan fingerprint density at radius 3 is 2.58 bits per heavy atom. The molecule has 24 heavy (non-hydrogen) atoms. The van der Waals surface area contributed by atoms with Crippen molar-refractivity contribution in [3.8, 4) is 0 Å². The van der Waals surface area contributed by atoms with Crippen molar-refractivity contribution in [2.45, 2.75) is 46.1 Å². The SMILES string of the molecule is CCc1nnc(NC(=O)Nc2cc(C(C)(C)C)sc2COOC)s1. The Balaban J connectivity index is 2.11. The van der Waals surface area contributed by atoms with Crippen molar-refractivity contribution in [2.75, 3.05) is 17.7 Å². The first kappa shape index (κ1) is 18.8. The van der Waals surface area contributed by atoms with Crippen LogP contribution in [0.1, 0.15) is 42.5 Å². The van der Waals surface area contributed by atoms with Gasteiger partial charge in [0.15, 0.2) is 0 Å². The predicted molar refractivity (Wildman–Crippen MR) is 96.7 cm³/mol. The highest BCUT2D eigenvalue weighted by atomic mass is 32.1. The van der Waals surface area contributed by atoms with Crippen molar-refractivity contribution < 1.29 is 14.6 Å². The third kappa shape index (κ3) is 4.97. The fourth-order valence-corrected chi connectivity index (χ4v) is 3.57. The Hall–Kier alpha value is -1.55.